The number of piperidine rings is 1. The fraction of sp³-hybridized carbons (Fsp3) is 0.900. The van der Waals surface area contributed by atoms with E-state index in [0.29, 0.717) is 19.5 Å². The van der Waals surface area contributed by atoms with Gasteiger partial charge in [0.2, 0.25) is 0 Å². The molecule has 0 spiro atoms. The van der Waals surface area contributed by atoms with Gasteiger partial charge in [-0.15, -0.1) is 0 Å². The molecule has 1 amide bonds. The van der Waals surface area contributed by atoms with Crippen LogP contribution in [0.1, 0.15) is 26.7 Å². The van der Waals surface area contributed by atoms with Crippen LogP contribution in [-0.2, 0) is 0 Å². The van der Waals surface area contributed by atoms with Crippen molar-refractivity contribution in [2.45, 2.75) is 38.3 Å². The number of likely N-dealkylation sites (tertiary alicyclic amines) is 1. The summed E-state index contributed by atoms with van der Waals surface area (Å²) in [4.78, 5) is 12.2. The van der Waals surface area contributed by atoms with E-state index in [-0.39, 0.29) is 6.04 Å². The van der Waals surface area contributed by atoms with Crippen molar-refractivity contribution in [3.05, 3.63) is 0 Å². The molecular weight excluding hydrogens is 196 g/mol. The predicted molar refractivity (Wildman–Crippen MR) is 56.9 cm³/mol. The van der Waals surface area contributed by atoms with Crippen LogP contribution in [0, 0.1) is 0 Å². The summed E-state index contributed by atoms with van der Waals surface area (Å²) in [5.41, 5.74) is -0.924. The van der Waals surface area contributed by atoms with Crippen LogP contribution in [-0.4, -0.2) is 52.5 Å². The number of hydrogen-bond acceptors (Lipinski definition) is 3. The molecule has 2 unspecified atom stereocenters. The average Bonchev–Trinajstić information content (AvgIpc) is 2.19. The Morgan fingerprint density at radius 1 is 1.67 bits per heavy atom. The lowest BCUT2D eigenvalue weighted by atomic mass is 9.85. The van der Waals surface area contributed by atoms with E-state index in [2.05, 4.69) is 5.32 Å². The molecule has 5 nitrogen and oxygen atoms in total. The molecule has 2 atom stereocenters. The molecule has 0 aromatic heterocycles. The van der Waals surface area contributed by atoms with Crippen molar-refractivity contribution in [1.29, 1.82) is 0 Å². The maximum atomic E-state index is 10.9. The normalized spacial score (nSPS) is 31.7. The zero-order valence-electron chi connectivity index (χ0n) is 9.36. The summed E-state index contributed by atoms with van der Waals surface area (Å²) in [6, 6.07) is -0.345. The second-order valence-electron chi connectivity index (χ2n) is 4.14. The molecule has 0 aromatic carbocycles. The maximum Gasteiger partial charge on any atom is 0.407 e. The molecule has 1 aliphatic heterocycles. The smallest absolute Gasteiger partial charge is 0.407 e. The molecule has 1 fully saturated rings. The van der Waals surface area contributed by atoms with Crippen LogP contribution in [0.2, 0.25) is 0 Å². The number of carbonyl (C=O) groups is 1. The Kier molecular flexibility index (Phi) is 3.93. The second-order valence-corrected chi connectivity index (χ2v) is 4.14. The van der Waals surface area contributed by atoms with E-state index >= 15 is 0 Å². The summed E-state index contributed by atoms with van der Waals surface area (Å²) in [6.45, 7) is 5.48. The highest BCUT2D eigenvalue weighted by atomic mass is 16.4. The van der Waals surface area contributed by atoms with Gasteiger partial charge in [0.25, 0.3) is 0 Å². The lowest BCUT2D eigenvalue weighted by molar-refractivity contribution is -0.0630. The number of amides is 1. The van der Waals surface area contributed by atoms with Crippen molar-refractivity contribution in [1.82, 2.24) is 10.2 Å². The van der Waals surface area contributed by atoms with Crippen molar-refractivity contribution in [3.63, 3.8) is 0 Å². The molecule has 0 aromatic rings. The third-order valence-corrected chi connectivity index (χ3v) is 3.18. The summed E-state index contributed by atoms with van der Waals surface area (Å²) in [5.74, 6) is 0. The van der Waals surface area contributed by atoms with Crippen LogP contribution in [0.25, 0.3) is 0 Å². The van der Waals surface area contributed by atoms with Gasteiger partial charge in [-0.1, -0.05) is 6.92 Å². The summed E-state index contributed by atoms with van der Waals surface area (Å²) >= 11 is 0. The summed E-state index contributed by atoms with van der Waals surface area (Å²) in [5, 5.41) is 22.4. The molecule has 1 rings (SSSR count). The zero-order chi connectivity index (χ0) is 11.5. The molecular formula is C10H20N2O3. The molecule has 15 heavy (non-hydrogen) atoms. The van der Waals surface area contributed by atoms with Crippen molar-refractivity contribution in [2.24, 2.45) is 0 Å². The standard InChI is InChI=1S/C10H20N2O3/c1-3-11-7-10(15)5-4-6-12(8(10)2)9(13)14/h8,11,15H,3-7H2,1-2H3,(H,13,14). The number of hydrogen-bond donors (Lipinski definition) is 3. The maximum absolute atomic E-state index is 10.9. The number of nitrogens with one attached hydrogen (secondary N) is 1. The minimum Gasteiger partial charge on any atom is -0.465 e. The van der Waals surface area contributed by atoms with Crippen LogP contribution < -0.4 is 5.32 Å². The highest BCUT2D eigenvalue weighted by Crippen LogP contribution is 2.27. The SMILES string of the molecule is CCNCC1(O)CCCN(C(=O)O)C1C. The van der Waals surface area contributed by atoms with Gasteiger partial charge in [-0.2, -0.15) is 0 Å². The Bertz CT molecular complexity index is 235. The number of likely N-dealkylation sites (N-methyl/N-ethyl adjacent to an activating group) is 1. The van der Waals surface area contributed by atoms with Gasteiger partial charge in [0.05, 0.1) is 11.6 Å². The lowest BCUT2D eigenvalue weighted by Gasteiger charge is -2.44. The average molecular weight is 216 g/mol. The molecule has 0 saturated carbocycles. The Hall–Kier alpha value is -0.810. The Morgan fingerprint density at radius 2 is 2.33 bits per heavy atom. The minimum absolute atomic E-state index is 0.345. The highest BCUT2D eigenvalue weighted by Gasteiger charge is 2.41. The topological polar surface area (TPSA) is 72.8 Å². The summed E-state index contributed by atoms with van der Waals surface area (Å²) in [6.07, 6.45) is 0.431. The van der Waals surface area contributed by atoms with E-state index in [9.17, 15) is 9.90 Å². The molecule has 1 aliphatic rings. The van der Waals surface area contributed by atoms with E-state index in [4.69, 9.17) is 5.11 Å². The van der Waals surface area contributed by atoms with E-state index < -0.39 is 11.7 Å². The van der Waals surface area contributed by atoms with Gasteiger partial charge >= 0.3 is 6.09 Å². The fourth-order valence-corrected chi connectivity index (χ4v) is 2.09. The molecule has 1 saturated heterocycles. The van der Waals surface area contributed by atoms with Crippen molar-refractivity contribution in [3.8, 4) is 0 Å². The molecule has 1 heterocycles. The van der Waals surface area contributed by atoms with Gasteiger partial charge in [0.1, 0.15) is 0 Å². The summed E-state index contributed by atoms with van der Waals surface area (Å²) in [7, 11) is 0. The van der Waals surface area contributed by atoms with Crippen LogP contribution in [0.5, 0.6) is 0 Å². The molecule has 5 heteroatoms. The van der Waals surface area contributed by atoms with E-state index in [1.54, 1.807) is 6.92 Å². The lowest BCUT2D eigenvalue weighted by Crippen LogP contribution is -2.60. The van der Waals surface area contributed by atoms with Crippen LogP contribution in [0.3, 0.4) is 0 Å². The van der Waals surface area contributed by atoms with Gasteiger partial charge in [0.15, 0.2) is 0 Å². The van der Waals surface area contributed by atoms with E-state index in [1.807, 2.05) is 6.92 Å². The first kappa shape index (κ1) is 12.3. The van der Waals surface area contributed by atoms with E-state index in [1.165, 1.54) is 4.90 Å². The molecule has 3 N–H and O–H groups in total. The molecule has 0 radical (unpaired) electrons. The third kappa shape index (κ3) is 2.60. The predicted octanol–water partition coefficient (Wildman–Crippen LogP) is 0.489. The van der Waals surface area contributed by atoms with E-state index in [0.717, 1.165) is 13.0 Å². The van der Waals surface area contributed by atoms with Gasteiger partial charge in [-0.3, -0.25) is 0 Å². The van der Waals surface area contributed by atoms with Crippen LogP contribution in [0.15, 0.2) is 0 Å². The largest absolute Gasteiger partial charge is 0.465 e. The zero-order valence-corrected chi connectivity index (χ0v) is 9.36. The van der Waals surface area contributed by atoms with Crippen LogP contribution >= 0.6 is 0 Å². The first-order chi connectivity index (χ1) is 7.01. The van der Waals surface area contributed by atoms with Crippen molar-refractivity contribution in [2.75, 3.05) is 19.6 Å². The molecule has 88 valence electrons. The van der Waals surface area contributed by atoms with Gasteiger partial charge in [0, 0.05) is 13.1 Å². The third-order valence-electron chi connectivity index (χ3n) is 3.18. The Labute approximate surface area is 90.1 Å². The number of nitrogens with zero attached hydrogens (tertiary/aromatic N) is 1. The van der Waals surface area contributed by atoms with Gasteiger partial charge < -0.3 is 20.4 Å². The molecule has 0 bridgehead atoms. The molecule has 0 aliphatic carbocycles. The quantitative estimate of drug-likeness (QED) is 0.642. The Morgan fingerprint density at radius 3 is 2.87 bits per heavy atom. The second kappa shape index (κ2) is 4.81. The Balaban J connectivity index is 2.67. The van der Waals surface area contributed by atoms with Gasteiger partial charge in [-0.25, -0.2) is 4.79 Å². The summed E-state index contributed by atoms with van der Waals surface area (Å²) < 4.78 is 0. The number of carboxylic acid groups (broad SMARTS) is 1. The van der Waals surface area contributed by atoms with Crippen molar-refractivity contribution < 1.29 is 15.0 Å². The monoisotopic (exact) mass is 216 g/mol. The van der Waals surface area contributed by atoms with Gasteiger partial charge in [-0.05, 0) is 26.3 Å². The number of rotatable bonds is 3. The highest BCUT2D eigenvalue weighted by molar-refractivity contribution is 5.65. The minimum atomic E-state index is -0.947. The number of aliphatic hydroxyl groups is 1. The fourth-order valence-electron chi connectivity index (χ4n) is 2.09. The van der Waals surface area contributed by atoms with Crippen molar-refractivity contribution >= 4 is 6.09 Å². The van der Waals surface area contributed by atoms with Crippen LogP contribution in [0.4, 0.5) is 4.79 Å². The first-order valence-corrected chi connectivity index (χ1v) is 5.44. The first-order valence-electron chi connectivity index (χ1n) is 5.44.